The van der Waals surface area contributed by atoms with Crippen molar-refractivity contribution in [1.82, 2.24) is 4.98 Å². The molecule has 0 fully saturated rings. The van der Waals surface area contributed by atoms with E-state index in [-0.39, 0.29) is 0 Å². The third-order valence-electron chi connectivity index (χ3n) is 2.60. The Labute approximate surface area is 111 Å². The number of hydrogen-bond donors (Lipinski definition) is 0. The van der Waals surface area contributed by atoms with Gasteiger partial charge >= 0.3 is 0 Å². The van der Waals surface area contributed by atoms with Crippen molar-refractivity contribution in [2.75, 3.05) is 7.11 Å². The lowest BCUT2D eigenvalue weighted by molar-refractivity contribution is 0.415. The highest BCUT2D eigenvalue weighted by Crippen LogP contribution is 2.30. The molecular formula is C14H14N2OS. The number of aromatic nitrogens is 1. The molecule has 0 aliphatic heterocycles. The van der Waals surface area contributed by atoms with Gasteiger partial charge in [-0.15, -0.1) is 11.3 Å². The van der Waals surface area contributed by atoms with Crippen LogP contribution in [0, 0.1) is 11.3 Å². The van der Waals surface area contributed by atoms with E-state index in [0.29, 0.717) is 0 Å². The molecule has 0 radical (unpaired) electrons. The molecule has 0 spiro atoms. The highest BCUT2D eigenvalue weighted by atomic mass is 32.1. The Balaban J connectivity index is 2.41. The lowest BCUT2D eigenvalue weighted by Gasteiger charge is -2.01. The van der Waals surface area contributed by atoms with Crippen LogP contribution in [0.2, 0.25) is 0 Å². The second kappa shape index (κ2) is 5.65. The highest BCUT2D eigenvalue weighted by Gasteiger charge is 2.11. The first-order valence-electron chi connectivity index (χ1n) is 5.82. The molecule has 1 aromatic carbocycles. The van der Waals surface area contributed by atoms with E-state index < -0.39 is 0 Å². The van der Waals surface area contributed by atoms with E-state index in [1.54, 1.807) is 7.11 Å². The molecule has 1 aromatic heterocycles. The number of ether oxygens (including phenoxy) is 1. The van der Waals surface area contributed by atoms with Crippen LogP contribution >= 0.6 is 11.3 Å². The van der Waals surface area contributed by atoms with E-state index in [9.17, 15) is 0 Å². The molecule has 0 aliphatic rings. The fourth-order valence-corrected chi connectivity index (χ4v) is 2.63. The average molecular weight is 258 g/mol. The molecule has 0 N–H and O–H groups in total. The number of thiazole rings is 1. The molecule has 18 heavy (non-hydrogen) atoms. The van der Waals surface area contributed by atoms with Gasteiger partial charge in [0.05, 0.1) is 12.8 Å². The molecular weight excluding hydrogens is 244 g/mol. The predicted octanol–water partition coefficient (Wildman–Crippen LogP) is 3.64. The number of hydrogen-bond acceptors (Lipinski definition) is 4. The molecule has 0 amide bonds. The predicted molar refractivity (Wildman–Crippen MR) is 72.8 cm³/mol. The standard InChI is InChI=1S/C14H14N2OS/c1-3-5-12-13(9-15)18-14(16-12)10-6-4-7-11(8-10)17-2/h4,6-8H,3,5H2,1-2H3. The van der Waals surface area contributed by atoms with Crippen LogP contribution in [0.25, 0.3) is 10.6 Å². The number of nitrogens with zero attached hydrogens (tertiary/aromatic N) is 2. The second-order valence-electron chi connectivity index (χ2n) is 3.89. The maximum atomic E-state index is 9.10. The molecule has 92 valence electrons. The topological polar surface area (TPSA) is 45.9 Å². The Morgan fingerprint density at radius 3 is 2.94 bits per heavy atom. The minimum absolute atomic E-state index is 0.717. The minimum Gasteiger partial charge on any atom is -0.497 e. The third-order valence-corrected chi connectivity index (χ3v) is 3.65. The average Bonchev–Trinajstić information content (AvgIpc) is 2.82. The summed E-state index contributed by atoms with van der Waals surface area (Å²) in [6, 6.07) is 9.98. The first-order chi connectivity index (χ1) is 8.78. The van der Waals surface area contributed by atoms with Gasteiger partial charge in [-0.2, -0.15) is 5.26 Å². The van der Waals surface area contributed by atoms with Crippen LogP contribution in [0.1, 0.15) is 23.9 Å². The largest absolute Gasteiger partial charge is 0.497 e. The Hall–Kier alpha value is -1.86. The summed E-state index contributed by atoms with van der Waals surface area (Å²) < 4.78 is 5.20. The van der Waals surface area contributed by atoms with E-state index in [1.807, 2.05) is 24.3 Å². The van der Waals surface area contributed by atoms with Crippen molar-refractivity contribution in [1.29, 1.82) is 5.26 Å². The van der Waals surface area contributed by atoms with Crippen LogP contribution in [0.5, 0.6) is 5.75 Å². The van der Waals surface area contributed by atoms with Gasteiger partial charge in [-0.3, -0.25) is 0 Å². The molecule has 2 rings (SSSR count). The van der Waals surface area contributed by atoms with Gasteiger partial charge in [0.2, 0.25) is 0 Å². The Kier molecular flexibility index (Phi) is 3.96. The monoisotopic (exact) mass is 258 g/mol. The number of methoxy groups -OCH3 is 1. The zero-order valence-corrected chi connectivity index (χ0v) is 11.3. The molecule has 0 atom stereocenters. The van der Waals surface area contributed by atoms with E-state index >= 15 is 0 Å². The smallest absolute Gasteiger partial charge is 0.128 e. The summed E-state index contributed by atoms with van der Waals surface area (Å²) in [5.74, 6) is 0.804. The fourth-order valence-electron chi connectivity index (χ4n) is 1.72. The molecule has 3 nitrogen and oxygen atoms in total. The van der Waals surface area contributed by atoms with Gasteiger partial charge in [0.15, 0.2) is 0 Å². The van der Waals surface area contributed by atoms with Gasteiger partial charge in [0.1, 0.15) is 21.7 Å². The summed E-state index contributed by atoms with van der Waals surface area (Å²) in [4.78, 5) is 5.27. The summed E-state index contributed by atoms with van der Waals surface area (Å²) in [7, 11) is 1.64. The molecule has 0 saturated heterocycles. The lowest BCUT2D eigenvalue weighted by Crippen LogP contribution is -1.87. The summed E-state index contributed by atoms with van der Waals surface area (Å²) in [6.45, 7) is 2.09. The summed E-state index contributed by atoms with van der Waals surface area (Å²) >= 11 is 1.44. The van der Waals surface area contributed by atoms with Crippen molar-refractivity contribution in [2.45, 2.75) is 19.8 Å². The highest BCUT2D eigenvalue weighted by molar-refractivity contribution is 7.15. The van der Waals surface area contributed by atoms with Crippen molar-refractivity contribution in [3.63, 3.8) is 0 Å². The normalized spacial score (nSPS) is 10.1. The summed E-state index contributed by atoms with van der Waals surface area (Å²) in [5, 5.41) is 9.99. The molecule has 4 heteroatoms. The molecule has 0 aliphatic carbocycles. The summed E-state index contributed by atoms with van der Waals surface area (Å²) in [5.41, 5.74) is 1.90. The van der Waals surface area contributed by atoms with Gasteiger partial charge in [-0.1, -0.05) is 25.5 Å². The number of rotatable bonds is 4. The van der Waals surface area contributed by atoms with Crippen LogP contribution in [0.4, 0.5) is 0 Å². The van der Waals surface area contributed by atoms with E-state index in [1.165, 1.54) is 11.3 Å². The van der Waals surface area contributed by atoms with Crippen LogP contribution in [-0.4, -0.2) is 12.1 Å². The van der Waals surface area contributed by atoms with Crippen molar-refractivity contribution >= 4 is 11.3 Å². The Morgan fingerprint density at radius 1 is 1.44 bits per heavy atom. The minimum atomic E-state index is 0.717. The Morgan fingerprint density at radius 2 is 2.28 bits per heavy atom. The molecule has 2 aromatic rings. The fraction of sp³-hybridized carbons (Fsp3) is 0.286. The van der Waals surface area contributed by atoms with Gasteiger partial charge in [-0.25, -0.2) is 4.98 Å². The molecule has 0 unspecified atom stereocenters. The third kappa shape index (κ3) is 2.52. The zero-order chi connectivity index (χ0) is 13.0. The SMILES string of the molecule is CCCc1nc(-c2cccc(OC)c2)sc1C#N. The van der Waals surface area contributed by atoms with E-state index in [0.717, 1.165) is 39.7 Å². The molecule has 1 heterocycles. The van der Waals surface area contributed by atoms with Crippen molar-refractivity contribution in [2.24, 2.45) is 0 Å². The van der Waals surface area contributed by atoms with Gasteiger partial charge < -0.3 is 4.74 Å². The Bertz CT molecular complexity index is 584. The first-order valence-corrected chi connectivity index (χ1v) is 6.64. The van der Waals surface area contributed by atoms with Crippen molar-refractivity contribution < 1.29 is 4.74 Å². The van der Waals surface area contributed by atoms with Gasteiger partial charge in [0.25, 0.3) is 0 Å². The maximum absolute atomic E-state index is 9.10. The molecule has 0 saturated carbocycles. The second-order valence-corrected chi connectivity index (χ2v) is 4.89. The van der Waals surface area contributed by atoms with Crippen LogP contribution in [0.15, 0.2) is 24.3 Å². The number of aryl methyl sites for hydroxylation is 1. The van der Waals surface area contributed by atoms with Crippen LogP contribution in [0.3, 0.4) is 0 Å². The van der Waals surface area contributed by atoms with Crippen molar-refractivity contribution in [3.05, 3.63) is 34.8 Å². The maximum Gasteiger partial charge on any atom is 0.128 e. The van der Waals surface area contributed by atoms with Gasteiger partial charge in [-0.05, 0) is 18.6 Å². The number of nitriles is 1. The van der Waals surface area contributed by atoms with Gasteiger partial charge in [0, 0.05) is 5.56 Å². The van der Waals surface area contributed by atoms with E-state index in [2.05, 4.69) is 18.0 Å². The zero-order valence-electron chi connectivity index (χ0n) is 10.4. The lowest BCUT2D eigenvalue weighted by atomic mass is 10.2. The van der Waals surface area contributed by atoms with Crippen molar-refractivity contribution in [3.8, 4) is 22.4 Å². The van der Waals surface area contributed by atoms with Crippen LogP contribution in [-0.2, 0) is 6.42 Å². The number of benzene rings is 1. The van der Waals surface area contributed by atoms with E-state index in [4.69, 9.17) is 10.00 Å². The molecule has 0 bridgehead atoms. The quantitative estimate of drug-likeness (QED) is 0.841. The summed E-state index contributed by atoms with van der Waals surface area (Å²) in [6.07, 6.45) is 1.85. The van der Waals surface area contributed by atoms with Crippen LogP contribution < -0.4 is 4.74 Å². The first kappa shape index (κ1) is 12.6.